The quantitative estimate of drug-likeness (QED) is 0.681. The fourth-order valence-corrected chi connectivity index (χ4v) is 1.23. The van der Waals surface area contributed by atoms with Gasteiger partial charge in [0.15, 0.2) is 0 Å². The van der Waals surface area contributed by atoms with Crippen molar-refractivity contribution in [2.24, 2.45) is 0 Å². The van der Waals surface area contributed by atoms with Crippen molar-refractivity contribution in [1.82, 2.24) is 9.97 Å². The van der Waals surface area contributed by atoms with E-state index in [1.165, 1.54) is 0 Å². The van der Waals surface area contributed by atoms with E-state index in [-0.39, 0.29) is 0 Å². The minimum absolute atomic E-state index is 1.03. The first-order chi connectivity index (χ1) is 5.75. The molecule has 0 unspecified atom stereocenters. The number of hydrogen-bond acceptors (Lipinski definition) is 3. The normalized spacial score (nSPS) is 9.92. The molecule has 0 aliphatic carbocycles. The first-order valence-corrected chi connectivity index (χ1v) is 4.23. The maximum Gasteiger partial charge on any atom is 0.134 e. The van der Waals surface area contributed by atoms with Crippen LogP contribution in [0, 0.1) is 6.92 Å². The van der Waals surface area contributed by atoms with Gasteiger partial charge in [-0.15, -0.1) is 0 Å². The zero-order valence-corrected chi connectivity index (χ0v) is 7.91. The van der Waals surface area contributed by atoms with E-state index in [1.807, 2.05) is 13.1 Å². The van der Waals surface area contributed by atoms with Gasteiger partial charge in [-0.3, -0.25) is 0 Å². The van der Waals surface area contributed by atoms with Crippen molar-refractivity contribution < 1.29 is 0 Å². The summed E-state index contributed by atoms with van der Waals surface area (Å²) in [5, 5.41) is 0. The van der Waals surface area contributed by atoms with Crippen molar-refractivity contribution >= 4 is 5.82 Å². The van der Waals surface area contributed by atoms with Crippen LogP contribution in [0.4, 0.5) is 5.82 Å². The van der Waals surface area contributed by atoms with Crippen molar-refractivity contribution in [2.45, 2.75) is 20.3 Å². The van der Waals surface area contributed by atoms with Crippen LogP contribution in [0.2, 0.25) is 0 Å². The van der Waals surface area contributed by atoms with Crippen LogP contribution in [0.15, 0.2) is 12.5 Å². The molecular weight excluding hydrogens is 150 g/mol. The van der Waals surface area contributed by atoms with Crippen LogP contribution >= 0.6 is 0 Å². The second-order valence-corrected chi connectivity index (χ2v) is 2.95. The molecule has 66 valence electrons. The predicted octanol–water partition coefficient (Wildman–Crippen LogP) is 1.63. The molecule has 0 aromatic carbocycles. The molecule has 1 rings (SSSR count). The Kier molecular flexibility index (Phi) is 3.02. The lowest BCUT2D eigenvalue weighted by Crippen LogP contribution is -2.20. The summed E-state index contributed by atoms with van der Waals surface area (Å²) in [5.74, 6) is 1.03. The van der Waals surface area contributed by atoms with Gasteiger partial charge in [-0.1, -0.05) is 6.92 Å². The van der Waals surface area contributed by atoms with Crippen LogP contribution < -0.4 is 4.90 Å². The summed E-state index contributed by atoms with van der Waals surface area (Å²) >= 11 is 0. The monoisotopic (exact) mass is 165 g/mol. The highest BCUT2D eigenvalue weighted by molar-refractivity contribution is 5.43. The molecular formula is C9H15N3. The fraction of sp³-hybridized carbons (Fsp3) is 0.556. The Morgan fingerprint density at radius 3 is 2.83 bits per heavy atom. The van der Waals surface area contributed by atoms with Crippen molar-refractivity contribution in [1.29, 1.82) is 0 Å². The standard InChI is InChI=1S/C9H15N3/c1-4-5-12(3)9-8(2)6-10-7-11-9/h6-7H,4-5H2,1-3H3. The number of aromatic nitrogens is 2. The summed E-state index contributed by atoms with van der Waals surface area (Å²) in [4.78, 5) is 10.3. The van der Waals surface area contributed by atoms with E-state index in [4.69, 9.17) is 0 Å². The molecule has 12 heavy (non-hydrogen) atoms. The second kappa shape index (κ2) is 4.04. The lowest BCUT2D eigenvalue weighted by molar-refractivity contribution is 0.829. The van der Waals surface area contributed by atoms with E-state index < -0.39 is 0 Å². The Morgan fingerprint density at radius 1 is 1.50 bits per heavy atom. The third-order valence-corrected chi connectivity index (χ3v) is 1.79. The predicted molar refractivity (Wildman–Crippen MR) is 50.3 cm³/mol. The van der Waals surface area contributed by atoms with Crippen molar-refractivity contribution in [3.8, 4) is 0 Å². The average molecular weight is 165 g/mol. The summed E-state index contributed by atoms with van der Waals surface area (Å²) in [6, 6.07) is 0. The molecule has 1 aromatic heterocycles. The maximum absolute atomic E-state index is 4.21. The molecule has 3 heteroatoms. The number of hydrogen-bond donors (Lipinski definition) is 0. The maximum atomic E-state index is 4.21. The molecule has 1 aromatic rings. The summed E-state index contributed by atoms with van der Waals surface area (Å²) in [6.07, 6.45) is 4.57. The highest BCUT2D eigenvalue weighted by Crippen LogP contribution is 2.12. The lowest BCUT2D eigenvalue weighted by Gasteiger charge is -2.18. The smallest absolute Gasteiger partial charge is 0.134 e. The number of aryl methyl sites for hydroxylation is 1. The van der Waals surface area contributed by atoms with Crippen molar-refractivity contribution in [2.75, 3.05) is 18.5 Å². The van der Waals surface area contributed by atoms with Gasteiger partial charge in [0.05, 0.1) is 0 Å². The minimum Gasteiger partial charge on any atom is -0.359 e. The van der Waals surface area contributed by atoms with Crippen LogP contribution in [0.25, 0.3) is 0 Å². The molecule has 0 atom stereocenters. The zero-order chi connectivity index (χ0) is 8.97. The first-order valence-electron chi connectivity index (χ1n) is 4.23. The summed E-state index contributed by atoms with van der Waals surface area (Å²) in [6.45, 7) is 5.23. The van der Waals surface area contributed by atoms with Crippen LogP contribution in [-0.2, 0) is 0 Å². The molecule has 0 fully saturated rings. The molecule has 0 amide bonds. The number of rotatable bonds is 3. The molecule has 0 saturated carbocycles. The molecule has 0 N–H and O–H groups in total. The molecule has 0 bridgehead atoms. The molecule has 0 spiro atoms. The third-order valence-electron chi connectivity index (χ3n) is 1.79. The zero-order valence-electron chi connectivity index (χ0n) is 7.91. The topological polar surface area (TPSA) is 29.0 Å². The molecule has 0 aliphatic heterocycles. The Labute approximate surface area is 73.5 Å². The second-order valence-electron chi connectivity index (χ2n) is 2.95. The van der Waals surface area contributed by atoms with E-state index in [9.17, 15) is 0 Å². The Balaban J connectivity index is 2.79. The van der Waals surface area contributed by atoms with E-state index in [0.29, 0.717) is 0 Å². The van der Waals surface area contributed by atoms with E-state index in [2.05, 4.69) is 28.8 Å². The SMILES string of the molecule is CCCN(C)c1ncncc1C. The Morgan fingerprint density at radius 2 is 2.25 bits per heavy atom. The van der Waals surface area contributed by atoms with Crippen LogP contribution in [0.1, 0.15) is 18.9 Å². The van der Waals surface area contributed by atoms with Gasteiger partial charge in [0.2, 0.25) is 0 Å². The van der Waals surface area contributed by atoms with Gasteiger partial charge in [-0.25, -0.2) is 9.97 Å². The summed E-state index contributed by atoms with van der Waals surface area (Å²) < 4.78 is 0. The Hall–Kier alpha value is -1.12. The van der Waals surface area contributed by atoms with Crippen LogP contribution in [0.3, 0.4) is 0 Å². The third kappa shape index (κ3) is 1.94. The summed E-state index contributed by atoms with van der Waals surface area (Å²) in [5.41, 5.74) is 1.13. The summed E-state index contributed by atoms with van der Waals surface area (Å²) in [7, 11) is 2.05. The fourth-order valence-electron chi connectivity index (χ4n) is 1.23. The van der Waals surface area contributed by atoms with Gasteiger partial charge >= 0.3 is 0 Å². The van der Waals surface area contributed by atoms with Crippen LogP contribution in [-0.4, -0.2) is 23.6 Å². The van der Waals surface area contributed by atoms with Gasteiger partial charge in [-0.05, 0) is 13.3 Å². The van der Waals surface area contributed by atoms with Gasteiger partial charge < -0.3 is 4.90 Å². The van der Waals surface area contributed by atoms with Crippen molar-refractivity contribution in [3.63, 3.8) is 0 Å². The highest BCUT2D eigenvalue weighted by Gasteiger charge is 2.03. The van der Waals surface area contributed by atoms with Gasteiger partial charge in [0, 0.05) is 25.4 Å². The molecule has 3 nitrogen and oxygen atoms in total. The van der Waals surface area contributed by atoms with E-state index in [1.54, 1.807) is 6.33 Å². The number of nitrogens with zero attached hydrogens (tertiary/aromatic N) is 3. The first kappa shape index (κ1) is 8.97. The molecule has 1 heterocycles. The average Bonchev–Trinajstić information content (AvgIpc) is 2.05. The lowest BCUT2D eigenvalue weighted by atomic mass is 10.3. The molecule has 0 saturated heterocycles. The largest absolute Gasteiger partial charge is 0.359 e. The van der Waals surface area contributed by atoms with Gasteiger partial charge in [0.1, 0.15) is 12.1 Å². The minimum atomic E-state index is 1.03. The highest BCUT2D eigenvalue weighted by atomic mass is 15.2. The molecule has 0 aliphatic rings. The number of anilines is 1. The van der Waals surface area contributed by atoms with Gasteiger partial charge in [0.25, 0.3) is 0 Å². The van der Waals surface area contributed by atoms with Gasteiger partial charge in [-0.2, -0.15) is 0 Å². The molecule has 0 radical (unpaired) electrons. The van der Waals surface area contributed by atoms with E-state index >= 15 is 0 Å². The van der Waals surface area contributed by atoms with Crippen molar-refractivity contribution in [3.05, 3.63) is 18.1 Å². The van der Waals surface area contributed by atoms with E-state index in [0.717, 1.165) is 24.3 Å². The van der Waals surface area contributed by atoms with Crippen LogP contribution in [0.5, 0.6) is 0 Å². The Bertz CT molecular complexity index is 247.